The molecule has 0 amide bonds. The number of para-hydroxylation sites is 1. The highest BCUT2D eigenvalue weighted by Gasteiger charge is 2.20. The second-order valence-electron chi connectivity index (χ2n) is 3.85. The lowest BCUT2D eigenvalue weighted by atomic mass is 10.1. The van der Waals surface area contributed by atoms with E-state index in [1.807, 2.05) is 30.3 Å². The van der Waals surface area contributed by atoms with Crippen molar-refractivity contribution in [1.82, 2.24) is 5.43 Å². The number of carboxylic acids is 2. The van der Waals surface area contributed by atoms with Crippen molar-refractivity contribution < 1.29 is 19.8 Å². The largest absolute Gasteiger partial charge is 0.481 e. The molecule has 6 heteroatoms. The number of aliphatic carboxylic acids is 2. The molecule has 0 fully saturated rings. The van der Waals surface area contributed by atoms with E-state index in [0.29, 0.717) is 0 Å². The molecule has 1 rings (SSSR count). The van der Waals surface area contributed by atoms with E-state index in [0.717, 1.165) is 5.69 Å². The summed E-state index contributed by atoms with van der Waals surface area (Å²) in [5.41, 5.74) is 3.56. The van der Waals surface area contributed by atoms with E-state index in [2.05, 4.69) is 5.43 Å². The van der Waals surface area contributed by atoms with Gasteiger partial charge in [0.2, 0.25) is 0 Å². The lowest BCUT2D eigenvalue weighted by molar-refractivity contribution is -0.140. The Morgan fingerprint density at radius 3 is 2.39 bits per heavy atom. The van der Waals surface area contributed by atoms with Gasteiger partial charge in [-0.25, -0.2) is 5.43 Å². The second-order valence-corrected chi connectivity index (χ2v) is 3.85. The van der Waals surface area contributed by atoms with Crippen molar-refractivity contribution in [3.63, 3.8) is 0 Å². The number of carbonyl (C=O) groups is 2. The van der Waals surface area contributed by atoms with Crippen molar-refractivity contribution in [2.24, 2.45) is 0 Å². The zero-order valence-corrected chi connectivity index (χ0v) is 10.0. The van der Waals surface area contributed by atoms with E-state index in [9.17, 15) is 9.59 Å². The third-order valence-electron chi connectivity index (χ3n) is 2.44. The number of hydrazine groups is 1. The molecule has 0 radical (unpaired) electrons. The van der Waals surface area contributed by atoms with Crippen LogP contribution in [0, 0.1) is 0 Å². The van der Waals surface area contributed by atoms with Crippen LogP contribution in [-0.4, -0.2) is 35.2 Å². The lowest BCUT2D eigenvalue weighted by Crippen LogP contribution is -2.47. The number of nitrogens with one attached hydrogen (secondary N) is 1. The molecular weight excluding hydrogens is 236 g/mol. The van der Waals surface area contributed by atoms with Crippen LogP contribution in [0.3, 0.4) is 0 Å². The minimum absolute atomic E-state index is 0.0296. The third-order valence-corrected chi connectivity index (χ3v) is 2.44. The molecule has 0 aliphatic rings. The molecule has 0 heterocycles. The van der Waals surface area contributed by atoms with Gasteiger partial charge in [0.05, 0.1) is 5.69 Å². The van der Waals surface area contributed by atoms with Gasteiger partial charge in [0.15, 0.2) is 0 Å². The second kappa shape index (κ2) is 6.61. The maximum atomic E-state index is 11.0. The van der Waals surface area contributed by atoms with Gasteiger partial charge < -0.3 is 15.2 Å². The Bertz CT molecular complexity index is 408. The van der Waals surface area contributed by atoms with Crippen molar-refractivity contribution in [2.75, 3.05) is 12.1 Å². The van der Waals surface area contributed by atoms with Crippen LogP contribution in [0.1, 0.15) is 12.8 Å². The van der Waals surface area contributed by atoms with Crippen LogP contribution < -0.4 is 10.4 Å². The fraction of sp³-hybridized carbons (Fsp3) is 0.333. The van der Waals surface area contributed by atoms with Crippen LogP contribution in [0.25, 0.3) is 0 Å². The van der Waals surface area contributed by atoms with Crippen LogP contribution in [-0.2, 0) is 9.59 Å². The van der Waals surface area contributed by atoms with Gasteiger partial charge >= 0.3 is 11.9 Å². The van der Waals surface area contributed by atoms with Crippen molar-refractivity contribution in [3.05, 3.63) is 30.3 Å². The van der Waals surface area contributed by atoms with Crippen molar-refractivity contribution in [2.45, 2.75) is 18.9 Å². The zero-order chi connectivity index (χ0) is 13.5. The first-order valence-electron chi connectivity index (χ1n) is 5.50. The lowest BCUT2D eigenvalue weighted by Gasteiger charge is -2.24. The molecule has 1 atom stereocenters. The fourth-order valence-electron chi connectivity index (χ4n) is 1.47. The molecule has 6 nitrogen and oxygen atoms in total. The van der Waals surface area contributed by atoms with Crippen LogP contribution in [0.15, 0.2) is 30.3 Å². The van der Waals surface area contributed by atoms with E-state index in [1.165, 1.54) is 0 Å². The molecule has 3 N–H and O–H groups in total. The minimum Gasteiger partial charge on any atom is -0.481 e. The average Bonchev–Trinajstić information content (AvgIpc) is 2.34. The van der Waals surface area contributed by atoms with Crippen LogP contribution in [0.5, 0.6) is 0 Å². The Labute approximate surface area is 105 Å². The Kier molecular flexibility index (Phi) is 5.13. The first kappa shape index (κ1) is 14.0. The highest BCUT2D eigenvalue weighted by Crippen LogP contribution is 2.10. The molecule has 18 heavy (non-hydrogen) atoms. The quantitative estimate of drug-likeness (QED) is 0.626. The van der Waals surface area contributed by atoms with Crippen LogP contribution in [0.4, 0.5) is 5.69 Å². The highest BCUT2D eigenvalue weighted by atomic mass is 16.4. The molecule has 1 aromatic rings. The molecule has 98 valence electrons. The monoisotopic (exact) mass is 252 g/mol. The van der Waals surface area contributed by atoms with E-state index >= 15 is 0 Å². The Hall–Kier alpha value is -2.08. The molecule has 0 unspecified atom stereocenters. The third kappa shape index (κ3) is 4.42. The number of hydrogen-bond donors (Lipinski definition) is 3. The van der Waals surface area contributed by atoms with Gasteiger partial charge in [0, 0.05) is 13.5 Å². The molecular formula is C12H16N2O4. The number of rotatable bonds is 7. The van der Waals surface area contributed by atoms with Crippen molar-refractivity contribution in [3.8, 4) is 0 Å². The Balaban J connectivity index is 2.60. The maximum absolute atomic E-state index is 11.0. The normalized spacial score (nSPS) is 11.8. The number of anilines is 1. The molecule has 0 spiro atoms. The Morgan fingerprint density at radius 1 is 1.28 bits per heavy atom. The van der Waals surface area contributed by atoms with Crippen LogP contribution >= 0.6 is 0 Å². The van der Waals surface area contributed by atoms with Gasteiger partial charge in [0.25, 0.3) is 0 Å². The number of benzene rings is 1. The summed E-state index contributed by atoms with van der Waals surface area (Å²) in [5.74, 6) is -2.08. The first-order chi connectivity index (χ1) is 8.50. The van der Waals surface area contributed by atoms with Crippen LogP contribution in [0.2, 0.25) is 0 Å². The van der Waals surface area contributed by atoms with Gasteiger partial charge in [-0.05, 0) is 18.6 Å². The summed E-state index contributed by atoms with van der Waals surface area (Å²) in [5, 5.41) is 19.1. The van der Waals surface area contributed by atoms with E-state index in [1.54, 1.807) is 12.1 Å². The zero-order valence-electron chi connectivity index (χ0n) is 10.0. The molecule has 0 bridgehead atoms. The standard InChI is InChI=1S/C12H16N2O4/c1-14(9-5-3-2-4-6-9)13-10(12(17)18)7-8-11(15)16/h2-6,10,13H,7-8H2,1H3,(H,15,16)(H,17,18)/t10-/m0/s1. The summed E-state index contributed by atoms with van der Waals surface area (Å²) in [4.78, 5) is 21.4. The molecule has 1 aromatic carbocycles. The first-order valence-corrected chi connectivity index (χ1v) is 5.50. The van der Waals surface area contributed by atoms with E-state index in [4.69, 9.17) is 10.2 Å². The summed E-state index contributed by atoms with van der Waals surface area (Å²) in [6, 6.07) is 8.25. The molecule has 0 aliphatic heterocycles. The predicted molar refractivity (Wildman–Crippen MR) is 66.3 cm³/mol. The molecule has 0 aliphatic carbocycles. The smallest absolute Gasteiger partial charge is 0.322 e. The summed E-state index contributed by atoms with van der Waals surface area (Å²) in [6.45, 7) is 0. The van der Waals surface area contributed by atoms with Gasteiger partial charge in [0.1, 0.15) is 6.04 Å². The topological polar surface area (TPSA) is 89.9 Å². The maximum Gasteiger partial charge on any atom is 0.322 e. The molecule has 0 saturated carbocycles. The Morgan fingerprint density at radius 2 is 1.89 bits per heavy atom. The summed E-state index contributed by atoms with van der Waals surface area (Å²) in [7, 11) is 1.69. The summed E-state index contributed by atoms with van der Waals surface area (Å²) >= 11 is 0. The van der Waals surface area contributed by atoms with Crippen molar-refractivity contribution in [1.29, 1.82) is 0 Å². The number of carboxylic acid groups (broad SMARTS) is 2. The molecule has 0 saturated heterocycles. The van der Waals surface area contributed by atoms with Gasteiger partial charge in [-0.2, -0.15) is 0 Å². The summed E-state index contributed by atoms with van der Waals surface area (Å²) in [6.07, 6.45) is -0.158. The number of hydrogen-bond acceptors (Lipinski definition) is 4. The van der Waals surface area contributed by atoms with E-state index in [-0.39, 0.29) is 12.8 Å². The van der Waals surface area contributed by atoms with Gasteiger partial charge in [-0.3, -0.25) is 9.59 Å². The summed E-state index contributed by atoms with van der Waals surface area (Å²) < 4.78 is 0. The number of nitrogens with zero attached hydrogens (tertiary/aromatic N) is 1. The highest BCUT2D eigenvalue weighted by molar-refractivity contribution is 5.75. The predicted octanol–water partition coefficient (Wildman–Crippen LogP) is 0.945. The van der Waals surface area contributed by atoms with Gasteiger partial charge in [-0.15, -0.1) is 0 Å². The van der Waals surface area contributed by atoms with Crippen molar-refractivity contribution >= 4 is 17.6 Å². The SMILES string of the molecule is CN(N[C@@H](CCC(=O)O)C(=O)O)c1ccccc1. The van der Waals surface area contributed by atoms with E-state index < -0.39 is 18.0 Å². The molecule has 0 aromatic heterocycles. The fourth-order valence-corrected chi connectivity index (χ4v) is 1.47. The minimum atomic E-state index is -1.07. The average molecular weight is 252 g/mol. The van der Waals surface area contributed by atoms with Gasteiger partial charge in [-0.1, -0.05) is 18.2 Å².